The van der Waals surface area contributed by atoms with Crippen molar-refractivity contribution in [3.8, 4) is 5.75 Å². The molecule has 0 saturated carbocycles. The van der Waals surface area contributed by atoms with Crippen molar-refractivity contribution in [1.29, 1.82) is 0 Å². The molecule has 1 aromatic rings. The molecular weight excluding hydrogens is 386 g/mol. The van der Waals surface area contributed by atoms with Gasteiger partial charge in [-0.05, 0) is 56.6 Å². The van der Waals surface area contributed by atoms with Crippen molar-refractivity contribution in [3.05, 3.63) is 28.8 Å². The van der Waals surface area contributed by atoms with Crippen LogP contribution in [-0.4, -0.2) is 30.5 Å². The number of hydrogen-bond donors (Lipinski definition) is 1. The number of hydrogen-bond acceptors (Lipinski definition) is 3. The van der Waals surface area contributed by atoms with Crippen molar-refractivity contribution in [3.63, 3.8) is 0 Å². The van der Waals surface area contributed by atoms with Crippen LogP contribution in [0.4, 0.5) is 0 Å². The van der Waals surface area contributed by atoms with Crippen LogP contribution in [0.1, 0.15) is 47.1 Å². The highest BCUT2D eigenvalue weighted by Crippen LogP contribution is 2.41. The maximum Gasteiger partial charge on any atom is 0.250 e. The molecule has 2 rings (SSSR count). The van der Waals surface area contributed by atoms with Crippen molar-refractivity contribution in [2.75, 3.05) is 13.2 Å². The van der Waals surface area contributed by atoms with E-state index in [4.69, 9.17) is 20.8 Å². The summed E-state index contributed by atoms with van der Waals surface area (Å²) in [7, 11) is -3.15. The lowest BCUT2D eigenvalue weighted by molar-refractivity contribution is -0.0659. The number of ether oxygens (including phenoxy) is 1. The summed E-state index contributed by atoms with van der Waals surface area (Å²) in [6.07, 6.45) is 0. The highest BCUT2D eigenvalue weighted by Gasteiger charge is 2.44. The first-order valence-electron chi connectivity index (χ1n) is 8.94. The van der Waals surface area contributed by atoms with E-state index >= 15 is 0 Å². The van der Waals surface area contributed by atoms with Gasteiger partial charge in [-0.2, -0.15) is 0 Å². The summed E-state index contributed by atoms with van der Waals surface area (Å²) in [5.41, 5.74) is 0.519. The molecule has 1 N–H and O–H groups in total. The molecule has 1 fully saturated rings. The van der Waals surface area contributed by atoms with Crippen LogP contribution in [0.5, 0.6) is 5.75 Å². The van der Waals surface area contributed by atoms with Gasteiger partial charge in [0, 0.05) is 0 Å². The highest BCUT2D eigenvalue weighted by atomic mass is 35.5. The Morgan fingerprint density at radius 3 is 2.15 bits per heavy atom. The molecule has 1 heterocycles. The van der Waals surface area contributed by atoms with E-state index < -0.39 is 24.8 Å². The molecule has 1 saturated heterocycles. The number of rotatable bonds is 5. The summed E-state index contributed by atoms with van der Waals surface area (Å²) in [4.78, 5) is 0. The Kier molecular flexibility index (Phi) is 6.07. The van der Waals surface area contributed by atoms with Gasteiger partial charge in [-0.3, -0.25) is 0 Å². The second-order valence-corrected chi connectivity index (χ2v) is 16.7. The molecule has 0 aliphatic carbocycles. The largest absolute Gasteiger partial charge is 0.543 e. The Morgan fingerprint density at radius 2 is 1.77 bits per heavy atom. The van der Waals surface area contributed by atoms with Crippen LogP contribution in [-0.2, 0) is 21.3 Å². The summed E-state index contributed by atoms with van der Waals surface area (Å²) in [5, 5.41) is 0.686. The molecule has 1 atom stereocenters. The fourth-order valence-corrected chi connectivity index (χ4v) is 4.45. The highest BCUT2D eigenvalue weighted by molar-refractivity contribution is 7.84. The molecule has 0 aromatic heterocycles. The summed E-state index contributed by atoms with van der Waals surface area (Å²) in [5.74, 6) is 0.717. The van der Waals surface area contributed by atoms with Crippen molar-refractivity contribution >= 4 is 30.9 Å². The maximum absolute atomic E-state index is 12.6. The third-order valence-corrected chi connectivity index (χ3v) is 11.5. The van der Waals surface area contributed by atoms with E-state index in [0.29, 0.717) is 24.0 Å². The van der Waals surface area contributed by atoms with E-state index in [-0.39, 0.29) is 9.79 Å². The molecule has 1 aromatic carbocycles. The van der Waals surface area contributed by atoms with Crippen LogP contribution in [0.2, 0.25) is 23.2 Å². The zero-order valence-electron chi connectivity index (χ0n) is 17.2. The van der Waals surface area contributed by atoms with E-state index in [0.717, 1.165) is 5.56 Å². The van der Waals surface area contributed by atoms with E-state index in [2.05, 4.69) is 38.6 Å². The molecule has 0 radical (unpaired) electrons. The first kappa shape index (κ1) is 21.9. The number of halogens is 1. The van der Waals surface area contributed by atoms with E-state index in [1.165, 1.54) is 0 Å². The smallest absolute Gasteiger partial charge is 0.250 e. The van der Waals surface area contributed by atoms with Gasteiger partial charge >= 0.3 is 0 Å². The average molecular weight is 418 g/mol. The zero-order valence-corrected chi connectivity index (χ0v) is 19.7. The molecule has 1 unspecified atom stereocenters. The molecule has 1 aliphatic heterocycles. The van der Waals surface area contributed by atoms with E-state index in [1.54, 1.807) is 0 Å². The zero-order chi connectivity index (χ0) is 20.0. The van der Waals surface area contributed by atoms with Gasteiger partial charge in [-0.1, -0.05) is 38.4 Å². The SMILES string of the molecule is CC(C)(C)S(=O)NC1(c2ccc(O[Si](C)(C)C(C)(C)C)c(Cl)c2)COC1. The Labute approximate surface area is 166 Å². The number of nitrogens with one attached hydrogen (secondary N) is 1. The average Bonchev–Trinajstić information content (AvgIpc) is 2.42. The summed E-state index contributed by atoms with van der Waals surface area (Å²) >= 11 is 6.55. The van der Waals surface area contributed by atoms with Crippen LogP contribution in [0.3, 0.4) is 0 Å². The molecule has 148 valence electrons. The molecule has 26 heavy (non-hydrogen) atoms. The second kappa shape index (κ2) is 7.21. The molecular formula is C19H32ClNO3SSi. The normalized spacial score (nSPS) is 19.0. The van der Waals surface area contributed by atoms with Crippen LogP contribution in [0, 0.1) is 0 Å². The van der Waals surface area contributed by atoms with E-state index in [9.17, 15) is 4.21 Å². The fourth-order valence-electron chi connectivity index (χ4n) is 2.23. The lowest BCUT2D eigenvalue weighted by Crippen LogP contribution is -2.59. The lowest BCUT2D eigenvalue weighted by atomic mass is 9.89. The van der Waals surface area contributed by atoms with Crippen LogP contribution < -0.4 is 9.15 Å². The van der Waals surface area contributed by atoms with Crippen molar-refractivity contribution in [2.45, 2.75) is 70.0 Å². The Hall–Kier alpha value is -0.403. The molecule has 7 heteroatoms. The monoisotopic (exact) mass is 417 g/mol. The van der Waals surface area contributed by atoms with Crippen LogP contribution in [0.15, 0.2) is 18.2 Å². The summed E-state index contributed by atoms with van der Waals surface area (Å²) < 4.78 is 27.3. The minimum atomic E-state index is -1.96. The molecule has 4 nitrogen and oxygen atoms in total. The molecule has 0 amide bonds. The topological polar surface area (TPSA) is 47.6 Å². The van der Waals surface area contributed by atoms with E-state index in [1.807, 2.05) is 39.0 Å². The molecule has 0 spiro atoms. The van der Waals surface area contributed by atoms with Gasteiger partial charge in [-0.15, -0.1) is 0 Å². The third kappa shape index (κ3) is 4.53. The minimum Gasteiger partial charge on any atom is -0.543 e. The van der Waals surface area contributed by atoms with Gasteiger partial charge in [0.25, 0.3) is 8.32 Å². The van der Waals surface area contributed by atoms with Gasteiger partial charge in [0.05, 0.1) is 34.0 Å². The maximum atomic E-state index is 12.6. The van der Waals surface area contributed by atoms with Crippen molar-refractivity contribution in [1.82, 2.24) is 4.72 Å². The third-order valence-electron chi connectivity index (χ3n) is 5.20. The van der Waals surface area contributed by atoms with Crippen LogP contribution >= 0.6 is 11.6 Å². The first-order valence-corrected chi connectivity index (χ1v) is 13.4. The summed E-state index contributed by atoms with van der Waals surface area (Å²) in [6.45, 7) is 17.8. The predicted molar refractivity (Wildman–Crippen MR) is 113 cm³/mol. The first-order chi connectivity index (χ1) is 11.7. The van der Waals surface area contributed by atoms with Crippen LogP contribution in [0.25, 0.3) is 0 Å². The van der Waals surface area contributed by atoms with Gasteiger partial charge in [0.2, 0.25) is 0 Å². The molecule has 0 bridgehead atoms. The summed E-state index contributed by atoms with van der Waals surface area (Å²) in [6, 6.07) is 5.85. The predicted octanol–water partition coefficient (Wildman–Crippen LogP) is 5.00. The standard InChI is InChI=1S/C19H32ClNO3SSi/c1-17(2,3)25(22)21-19(12-23-13-19)14-9-10-16(15(20)11-14)24-26(7,8)18(4,5)6/h9-11,21H,12-13H2,1-8H3. The van der Waals surface area contributed by atoms with Crippen molar-refractivity contribution < 1.29 is 13.4 Å². The van der Waals surface area contributed by atoms with Gasteiger partial charge in [0.15, 0.2) is 0 Å². The Bertz CT molecular complexity index is 691. The van der Waals surface area contributed by atoms with Crippen molar-refractivity contribution in [2.24, 2.45) is 0 Å². The second-order valence-electron chi connectivity index (χ2n) is 9.57. The van der Waals surface area contributed by atoms with Gasteiger partial charge < -0.3 is 9.16 Å². The Balaban J connectivity index is 2.27. The quantitative estimate of drug-likeness (QED) is 0.685. The Morgan fingerprint density at radius 1 is 1.19 bits per heavy atom. The van der Waals surface area contributed by atoms with Gasteiger partial charge in [0.1, 0.15) is 11.3 Å². The lowest BCUT2D eigenvalue weighted by Gasteiger charge is -2.43. The minimum absolute atomic E-state index is 0.100. The molecule has 1 aliphatic rings. The number of benzene rings is 1. The fraction of sp³-hybridized carbons (Fsp3) is 0.684. The van der Waals surface area contributed by atoms with Gasteiger partial charge in [-0.25, -0.2) is 8.93 Å².